The molecule has 1 fully saturated rings. The van der Waals surface area contributed by atoms with Crippen molar-refractivity contribution in [3.05, 3.63) is 29.6 Å². The highest BCUT2D eigenvalue weighted by Crippen LogP contribution is 2.39. The van der Waals surface area contributed by atoms with Crippen LogP contribution in [0.25, 0.3) is 0 Å². The van der Waals surface area contributed by atoms with Crippen molar-refractivity contribution in [3.63, 3.8) is 0 Å². The van der Waals surface area contributed by atoms with E-state index < -0.39 is 5.82 Å². The van der Waals surface area contributed by atoms with Crippen LogP contribution < -0.4 is 10.1 Å². The molecule has 0 saturated heterocycles. The second kappa shape index (κ2) is 4.59. The zero-order valence-corrected chi connectivity index (χ0v) is 10.9. The van der Waals surface area contributed by atoms with E-state index in [2.05, 4.69) is 5.32 Å². The van der Waals surface area contributed by atoms with Gasteiger partial charge in [0, 0.05) is 11.6 Å². The highest BCUT2D eigenvalue weighted by atomic mass is 19.1. The molecule has 1 N–H and O–H groups in total. The van der Waals surface area contributed by atoms with E-state index in [0.717, 1.165) is 12.8 Å². The van der Waals surface area contributed by atoms with Crippen molar-refractivity contribution < 1.29 is 13.9 Å². The number of nitrogens with one attached hydrogen (secondary N) is 1. The molecule has 1 aromatic rings. The first-order chi connectivity index (χ1) is 8.44. The maximum absolute atomic E-state index is 13.7. The summed E-state index contributed by atoms with van der Waals surface area (Å²) in [6.07, 6.45) is 2.25. The topological polar surface area (TPSA) is 38.3 Å². The van der Waals surface area contributed by atoms with Gasteiger partial charge >= 0.3 is 0 Å². The number of hydrogen-bond donors (Lipinski definition) is 1. The van der Waals surface area contributed by atoms with Crippen molar-refractivity contribution >= 4 is 5.91 Å². The van der Waals surface area contributed by atoms with Gasteiger partial charge in [-0.3, -0.25) is 4.79 Å². The molecular formula is C14H18FNO2. The Morgan fingerprint density at radius 3 is 2.61 bits per heavy atom. The van der Waals surface area contributed by atoms with E-state index in [1.54, 1.807) is 6.07 Å². The summed E-state index contributed by atoms with van der Waals surface area (Å²) in [6.45, 7) is 3.95. The van der Waals surface area contributed by atoms with Gasteiger partial charge < -0.3 is 10.1 Å². The Labute approximate surface area is 106 Å². The second-order valence-electron chi connectivity index (χ2n) is 5.30. The van der Waals surface area contributed by atoms with Crippen molar-refractivity contribution in [2.75, 3.05) is 7.11 Å². The van der Waals surface area contributed by atoms with Gasteiger partial charge in [-0.25, -0.2) is 4.39 Å². The van der Waals surface area contributed by atoms with E-state index in [-0.39, 0.29) is 17.0 Å². The molecule has 0 atom stereocenters. The normalized spacial score (nSPS) is 15.3. The van der Waals surface area contributed by atoms with Crippen LogP contribution in [0.2, 0.25) is 0 Å². The van der Waals surface area contributed by atoms with Crippen LogP contribution in [0.15, 0.2) is 18.2 Å². The SMILES string of the molecule is COc1ccc(C(=O)NC(C)(C)C2CC2)c(F)c1. The Morgan fingerprint density at radius 1 is 1.44 bits per heavy atom. The molecule has 0 heterocycles. The van der Waals surface area contributed by atoms with E-state index in [9.17, 15) is 9.18 Å². The summed E-state index contributed by atoms with van der Waals surface area (Å²) >= 11 is 0. The van der Waals surface area contributed by atoms with E-state index in [4.69, 9.17) is 4.74 Å². The van der Waals surface area contributed by atoms with Crippen molar-refractivity contribution in [2.24, 2.45) is 5.92 Å². The lowest BCUT2D eigenvalue weighted by Gasteiger charge is -2.26. The molecule has 0 aromatic heterocycles. The molecule has 0 radical (unpaired) electrons. The maximum Gasteiger partial charge on any atom is 0.254 e. The van der Waals surface area contributed by atoms with Crippen molar-refractivity contribution in [1.29, 1.82) is 0 Å². The van der Waals surface area contributed by atoms with Crippen LogP contribution in [0.1, 0.15) is 37.0 Å². The van der Waals surface area contributed by atoms with Gasteiger partial charge in [-0.1, -0.05) is 0 Å². The van der Waals surface area contributed by atoms with Crippen LogP contribution in [0.5, 0.6) is 5.75 Å². The molecule has 18 heavy (non-hydrogen) atoms. The Bertz CT molecular complexity index is 467. The summed E-state index contributed by atoms with van der Waals surface area (Å²) in [4.78, 5) is 12.0. The number of ether oxygens (including phenoxy) is 1. The van der Waals surface area contributed by atoms with Gasteiger partial charge in [0.1, 0.15) is 11.6 Å². The Kier molecular flexibility index (Phi) is 3.28. The van der Waals surface area contributed by atoms with Crippen molar-refractivity contribution in [2.45, 2.75) is 32.2 Å². The van der Waals surface area contributed by atoms with E-state index in [0.29, 0.717) is 11.7 Å². The highest BCUT2D eigenvalue weighted by molar-refractivity contribution is 5.95. The smallest absolute Gasteiger partial charge is 0.254 e. The largest absolute Gasteiger partial charge is 0.497 e. The first-order valence-corrected chi connectivity index (χ1v) is 6.10. The zero-order valence-electron chi connectivity index (χ0n) is 10.9. The molecular weight excluding hydrogens is 233 g/mol. The summed E-state index contributed by atoms with van der Waals surface area (Å²) in [5.74, 6) is -0.0150. The van der Waals surface area contributed by atoms with E-state index >= 15 is 0 Å². The minimum absolute atomic E-state index is 0.0597. The Hall–Kier alpha value is -1.58. The Morgan fingerprint density at radius 2 is 2.11 bits per heavy atom. The molecule has 2 rings (SSSR count). The minimum Gasteiger partial charge on any atom is -0.497 e. The third-order valence-electron chi connectivity index (χ3n) is 3.45. The fraction of sp³-hybridized carbons (Fsp3) is 0.500. The van der Waals surface area contributed by atoms with Crippen LogP contribution in [-0.2, 0) is 0 Å². The molecule has 1 aliphatic rings. The molecule has 3 nitrogen and oxygen atoms in total. The molecule has 0 bridgehead atoms. The minimum atomic E-state index is -0.557. The van der Waals surface area contributed by atoms with E-state index in [1.165, 1.54) is 19.2 Å². The van der Waals surface area contributed by atoms with Gasteiger partial charge in [-0.2, -0.15) is 0 Å². The molecule has 1 saturated carbocycles. The number of carbonyl (C=O) groups is 1. The number of rotatable bonds is 4. The molecule has 0 aliphatic heterocycles. The van der Waals surface area contributed by atoms with Gasteiger partial charge in [0.2, 0.25) is 0 Å². The summed E-state index contributed by atoms with van der Waals surface area (Å²) in [7, 11) is 1.46. The second-order valence-corrected chi connectivity index (χ2v) is 5.30. The molecule has 98 valence electrons. The van der Waals surface area contributed by atoms with Crippen molar-refractivity contribution in [1.82, 2.24) is 5.32 Å². The average molecular weight is 251 g/mol. The zero-order chi connectivity index (χ0) is 13.3. The summed E-state index contributed by atoms with van der Waals surface area (Å²) in [5, 5.41) is 2.89. The quantitative estimate of drug-likeness (QED) is 0.893. The molecule has 0 unspecified atom stereocenters. The number of benzene rings is 1. The van der Waals surface area contributed by atoms with Gasteiger partial charge in [-0.05, 0) is 44.7 Å². The fourth-order valence-corrected chi connectivity index (χ4v) is 2.07. The predicted octanol–water partition coefficient (Wildman–Crippen LogP) is 2.75. The van der Waals surface area contributed by atoms with Gasteiger partial charge in [0.05, 0.1) is 12.7 Å². The lowest BCUT2D eigenvalue weighted by molar-refractivity contribution is 0.0899. The third-order valence-corrected chi connectivity index (χ3v) is 3.45. The number of halogens is 1. The van der Waals surface area contributed by atoms with Crippen LogP contribution >= 0.6 is 0 Å². The maximum atomic E-state index is 13.7. The molecule has 1 amide bonds. The first kappa shape index (κ1) is 12.9. The van der Waals surface area contributed by atoms with Crippen molar-refractivity contribution in [3.8, 4) is 5.75 Å². The summed E-state index contributed by atoms with van der Waals surface area (Å²) in [5.41, 5.74) is -0.215. The van der Waals surface area contributed by atoms with Gasteiger partial charge in [0.25, 0.3) is 5.91 Å². The fourth-order valence-electron chi connectivity index (χ4n) is 2.07. The highest BCUT2D eigenvalue weighted by Gasteiger charge is 2.39. The molecule has 1 aromatic carbocycles. The van der Waals surface area contributed by atoms with E-state index in [1.807, 2.05) is 13.8 Å². The molecule has 4 heteroatoms. The standard InChI is InChI=1S/C14H18FNO2/c1-14(2,9-4-5-9)16-13(17)11-7-6-10(18-3)8-12(11)15/h6-9H,4-5H2,1-3H3,(H,16,17). The van der Waals surface area contributed by atoms with Gasteiger partial charge in [-0.15, -0.1) is 0 Å². The average Bonchev–Trinajstić information content (AvgIpc) is 3.11. The lowest BCUT2D eigenvalue weighted by Crippen LogP contribution is -2.45. The van der Waals surface area contributed by atoms with Gasteiger partial charge in [0.15, 0.2) is 0 Å². The number of methoxy groups -OCH3 is 1. The first-order valence-electron chi connectivity index (χ1n) is 6.10. The Balaban J connectivity index is 2.13. The molecule has 1 aliphatic carbocycles. The summed E-state index contributed by atoms with van der Waals surface area (Å²) < 4.78 is 18.6. The number of hydrogen-bond acceptors (Lipinski definition) is 2. The van der Waals surface area contributed by atoms with Crippen LogP contribution in [0, 0.1) is 11.7 Å². The molecule has 0 spiro atoms. The van der Waals surface area contributed by atoms with Crippen LogP contribution in [0.4, 0.5) is 4.39 Å². The third kappa shape index (κ3) is 2.63. The predicted molar refractivity (Wildman–Crippen MR) is 67.2 cm³/mol. The number of amides is 1. The lowest BCUT2D eigenvalue weighted by atomic mass is 9.98. The summed E-state index contributed by atoms with van der Waals surface area (Å²) in [6, 6.07) is 4.26. The monoisotopic (exact) mass is 251 g/mol. The van der Waals surface area contributed by atoms with Crippen LogP contribution in [-0.4, -0.2) is 18.6 Å². The number of carbonyl (C=O) groups excluding carboxylic acids is 1. The van der Waals surface area contributed by atoms with Crippen LogP contribution in [0.3, 0.4) is 0 Å².